The zero-order valence-corrected chi connectivity index (χ0v) is 19.0. The average Bonchev–Trinajstić information content (AvgIpc) is 2.82. The second-order valence-electron chi connectivity index (χ2n) is 8.58. The highest BCUT2D eigenvalue weighted by Gasteiger charge is 2.35. The van der Waals surface area contributed by atoms with Crippen LogP contribution in [0.3, 0.4) is 0 Å². The number of alkyl halides is 2. The van der Waals surface area contributed by atoms with Crippen LogP contribution in [0.1, 0.15) is 66.6 Å². The first-order valence-corrected chi connectivity index (χ1v) is 11.3. The number of carboxylic acids is 1. The van der Waals surface area contributed by atoms with Gasteiger partial charge in [0.15, 0.2) is 0 Å². The van der Waals surface area contributed by atoms with Crippen LogP contribution in [0, 0.1) is 0 Å². The highest BCUT2D eigenvalue weighted by Crippen LogP contribution is 2.34. The number of nitrogens with two attached hydrogens (primary N) is 1. The van der Waals surface area contributed by atoms with Crippen molar-refractivity contribution in [1.29, 1.82) is 0 Å². The number of nitrogens with one attached hydrogen (secondary N) is 1. The Balaban J connectivity index is 2.08. The lowest BCUT2D eigenvalue weighted by molar-refractivity contribution is -0.126. The summed E-state index contributed by atoms with van der Waals surface area (Å²) in [4.78, 5) is 38.9. The van der Waals surface area contributed by atoms with Crippen molar-refractivity contribution in [2.24, 2.45) is 5.73 Å². The average molecular weight is 474 g/mol. The number of aromatic carboxylic acids is 1. The van der Waals surface area contributed by atoms with E-state index in [9.17, 15) is 28.3 Å². The molecule has 0 aliphatic heterocycles. The molecule has 0 saturated heterocycles. The number of carbonyl (C=O) groups is 3. The van der Waals surface area contributed by atoms with Crippen molar-refractivity contribution in [3.8, 4) is 0 Å². The fraction of sp³-hybridized carbons (Fsp3) is 0.400. The number of carbonyl (C=O) groups excluding carboxylic acids is 2. The number of benzene rings is 2. The molecular formula is C25H29F2N3O4. The van der Waals surface area contributed by atoms with Gasteiger partial charge in [0.2, 0.25) is 11.8 Å². The lowest BCUT2D eigenvalue weighted by atomic mass is 9.94. The molecule has 4 N–H and O–H groups in total. The maximum absolute atomic E-state index is 14.0. The molecule has 9 heteroatoms. The van der Waals surface area contributed by atoms with Crippen molar-refractivity contribution >= 4 is 23.5 Å². The van der Waals surface area contributed by atoms with Gasteiger partial charge in [0.05, 0.1) is 12.1 Å². The first-order valence-electron chi connectivity index (χ1n) is 11.3. The SMILES string of the molecule is CC(F)(F)c1cccc(N(C(=O)CN)C(C(=O)NC2CCCCC2)c2ccc(C(=O)O)cc2)c1. The molecule has 3 rings (SSSR count). The van der Waals surface area contributed by atoms with Gasteiger partial charge in [-0.2, -0.15) is 0 Å². The van der Waals surface area contributed by atoms with E-state index in [1.54, 1.807) is 0 Å². The van der Waals surface area contributed by atoms with Gasteiger partial charge in [-0.05, 0) is 42.7 Å². The van der Waals surface area contributed by atoms with E-state index in [1.165, 1.54) is 48.5 Å². The van der Waals surface area contributed by atoms with Crippen molar-refractivity contribution in [2.45, 2.75) is 57.0 Å². The van der Waals surface area contributed by atoms with Crippen LogP contribution in [0.15, 0.2) is 48.5 Å². The molecule has 182 valence electrons. The summed E-state index contributed by atoms with van der Waals surface area (Å²) in [7, 11) is 0. The van der Waals surface area contributed by atoms with Crippen molar-refractivity contribution in [1.82, 2.24) is 5.32 Å². The molecule has 7 nitrogen and oxygen atoms in total. The third-order valence-electron chi connectivity index (χ3n) is 6.01. The third kappa shape index (κ3) is 5.96. The predicted octanol–water partition coefficient (Wildman–Crippen LogP) is 3.98. The molecule has 1 unspecified atom stereocenters. The molecule has 1 aliphatic rings. The Kier molecular flexibility index (Phi) is 7.98. The van der Waals surface area contributed by atoms with Crippen molar-refractivity contribution in [3.05, 3.63) is 65.2 Å². The lowest BCUT2D eigenvalue weighted by Gasteiger charge is -2.33. The maximum Gasteiger partial charge on any atom is 0.335 e. The van der Waals surface area contributed by atoms with Crippen molar-refractivity contribution < 1.29 is 28.3 Å². The second-order valence-corrected chi connectivity index (χ2v) is 8.58. The van der Waals surface area contributed by atoms with Crippen molar-refractivity contribution in [3.63, 3.8) is 0 Å². The normalized spacial score (nSPS) is 15.4. The van der Waals surface area contributed by atoms with Gasteiger partial charge < -0.3 is 16.2 Å². The van der Waals surface area contributed by atoms with Crippen LogP contribution >= 0.6 is 0 Å². The number of nitrogens with zero attached hydrogens (tertiary/aromatic N) is 1. The minimum atomic E-state index is -3.16. The number of amides is 2. The Labute approximate surface area is 196 Å². The summed E-state index contributed by atoms with van der Waals surface area (Å²) in [5.41, 5.74) is 5.79. The van der Waals surface area contributed by atoms with Crippen LogP contribution in [0.2, 0.25) is 0 Å². The molecule has 0 heterocycles. The standard InChI is InChI=1S/C25H29F2N3O4/c1-25(26,27)18-6-5-9-20(14-18)30(21(31)15-28)22(16-10-12-17(13-11-16)24(33)34)23(32)29-19-7-3-2-4-8-19/h5-6,9-14,19,22H,2-4,7-8,15,28H2,1H3,(H,29,32)(H,33,34). The van der Waals surface area contributed by atoms with Gasteiger partial charge in [-0.25, -0.2) is 13.6 Å². The number of hydrogen-bond donors (Lipinski definition) is 3. The summed E-state index contributed by atoms with van der Waals surface area (Å²) in [5.74, 6) is -5.41. The van der Waals surface area contributed by atoms with Gasteiger partial charge in [-0.3, -0.25) is 14.5 Å². The Morgan fingerprint density at radius 3 is 2.32 bits per heavy atom. The Bertz CT molecular complexity index is 1030. The Morgan fingerprint density at radius 2 is 1.76 bits per heavy atom. The minimum absolute atomic E-state index is 0.0134. The van der Waals surface area contributed by atoms with E-state index < -0.39 is 36.3 Å². The molecule has 2 aromatic rings. The predicted molar refractivity (Wildman–Crippen MR) is 124 cm³/mol. The Morgan fingerprint density at radius 1 is 1.12 bits per heavy atom. The zero-order valence-electron chi connectivity index (χ0n) is 19.0. The van der Waals surface area contributed by atoms with Crippen LogP contribution in [-0.2, 0) is 15.5 Å². The van der Waals surface area contributed by atoms with Crippen molar-refractivity contribution in [2.75, 3.05) is 11.4 Å². The highest BCUT2D eigenvalue weighted by molar-refractivity contribution is 6.02. The van der Waals surface area contributed by atoms with Crippen LogP contribution in [0.25, 0.3) is 0 Å². The fourth-order valence-corrected chi connectivity index (χ4v) is 4.22. The molecule has 34 heavy (non-hydrogen) atoms. The number of carboxylic acid groups (broad SMARTS) is 1. The second kappa shape index (κ2) is 10.7. The smallest absolute Gasteiger partial charge is 0.335 e. The lowest BCUT2D eigenvalue weighted by Crippen LogP contribution is -2.48. The zero-order chi connectivity index (χ0) is 24.9. The van der Waals surface area contributed by atoms with Gasteiger partial charge in [-0.15, -0.1) is 0 Å². The summed E-state index contributed by atoms with van der Waals surface area (Å²) in [6.45, 7) is 0.298. The molecular weight excluding hydrogens is 444 g/mol. The van der Waals surface area contributed by atoms with E-state index in [4.69, 9.17) is 5.73 Å². The van der Waals surface area contributed by atoms with E-state index in [2.05, 4.69) is 5.32 Å². The monoisotopic (exact) mass is 473 g/mol. The van der Waals surface area contributed by atoms with Gasteiger partial charge in [0, 0.05) is 24.2 Å². The van der Waals surface area contributed by atoms with E-state index >= 15 is 0 Å². The first-order chi connectivity index (χ1) is 16.1. The van der Waals surface area contributed by atoms with Gasteiger partial charge in [-0.1, -0.05) is 43.5 Å². The van der Waals surface area contributed by atoms with Crippen LogP contribution in [0.5, 0.6) is 0 Å². The van der Waals surface area contributed by atoms with E-state index in [0.29, 0.717) is 5.56 Å². The molecule has 0 aromatic heterocycles. The molecule has 0 bridgehead atoms. The van der Waals surface area contributed by atoms with Crippen LogP contribution in [0.4, 0.5) is 14.5 Å². The number of hydrogen-bond acceptors (Lipinski definition) is 4. The Hall–Kier alpha value is -3.33. The van der Waals surface area contributed by atoms with E-state index in [-0.39, 0.29) is 22.9 Å². The maximum atomic E-state index is 14.0. The molecule has 1 saturated carbocycles. The van der Waals surface area contributed by atoms with Crippen LogP contribution in [-0.4, -0.2) is 35.5 Å². The van der Waals surface area contributed by atoms with Gasteiger partial charge in [0.1, 0.15) is 6.04 Å². The van der Waals surface area contributed by atoms with E-state index in [0.717, 1.165) is 43.9 Å². The molecule has 2 aromatic carbocycles. The molecule has 2 amide bonds. The number of rotatable bonds is 8. The molecule has 0 spiro atoms. The number of halogens is 2. The van der Waals surface area contributed by atoms with Gasteiger partial charge in [0.25, 0.3) is 5.92 Å². The van der Waals surface area contributed by atoms with Crippen LogP contribution < -0.4 is 16.0 Å². The highest BCUT2D eigenvalue weighted by atomic mass is 19.3. The summed E-state index contributed by atoms with van der Waals surface area (Å²) in [6, 6.07) is 9.55. The summed E-state index contributed by atoms with van der Waals surface area (Å²) in [6.07, 6.45) is 4.64. The molecule has 1 fully saturated rings. The molecule has 1 aliphatic carbocycles. The topological polar surface area (TPSA) is 113 Å². The summed E-state index contributed by atoms with van der Waals surface area (Å²) >= 11 is 0. The third-order valence-corrected chi connectivity index (χ3v) is 6.01. The van der Waals surface area contributed by atoms with Gasteiger partial charge >= 0.3 is 5.97 Å². The quantitative estimate of drug-likeness (QED) is 0.537. The summed E-state index contributed by atoms with van der Waals surface area (Å²) < 4.78 is 28.1. The molecule has 1 atom stereocenters. The summed E-state index contributed by atoms with van der Waals surface area (Å²) in [5, 5.41) is 12.2. The minimum Gasteiger partial charge on any atom is -0.478 e. The largest absolute Gasteiger partial charge is 0.478 e. The van der Waals surface area contributed by atoms with E-state index in [1.807, 2.05) is 0 Å². The molecule has 0 radical (unpaired) electrons. The fourth-order valence-electron chi connectivity index (χ4n) is 4.22. The first kappa shape index (κ1) is 25.3. The number of anilines is 1.